The van der Waals surface area contributed by atoms with E-state index in [1.165, 1.54) is 6.92 Å². The molecule has 0 aliphatic carbocycles. The molecule has 1 amide bonds. The summed E-state index contributed by atoms with van der Waals surface area (Å²) in [5.41, 5.74) is 0. The minimum absolute atomic E-state index is 0.0510. The van der Waals surface area contributed by atoms with Gasteiger partial charge in [-0.3, -0.25) is 9.59 Å². The van der Waals surface area contributed by atoms with Gasteiger partial charge in [0.25, 0.3) is 0 Å². The van der Waals surface area contributed by atoms with E-state index >= 15 is 0 Å². The van der Waals surface area contributed by atoms with E-state index in [-0.39, 0.29) is 18.2 Å². The minimum atomic E-state index is -0.768. The summed E-state index contributed by atoms with van der Waals surface area (Å²) >= 11 is 0. The largest absolute Gasteiger partial charge is 0.481 e. The highest BCUT2D eigenvalue weighted by Crippen LogP contribution is 2.19. The number of nitrogens with zero attached hydrogens (tertiary/aromatic N) is 1. The molecule has 0 radical (unpaired) electrons. The van der Waals surface area contributed by atoms with Gasteiger partial charge in [-0.05, 0) is 18.8 Å². The second-order valence-electron chi connectivity index (χ2n) is 3.57. The van der Waals surface area contributed by atoms with Gasteiger partial charge in [-0.2, -0.15) is 0 Å². The molecule has 0 aromatic carbocycles. The molecule has 4 nitrogen and oxygen atoms in total. The molecule has 1 rings (SSSR count). The van der Waals surface area contributed by atoms with Gasteiger partial charge < -0.3 is 10.0 Å². The van der Waals surface area contributed by atoms with Crippen molar-refractivity contribution in [3.63, 3.8) is 0 Å². The maximum Gasteiger partial charge on any atom is 0.303 e. The molecular formula is C9H15NO3. The van der Waals surface area contributed by atoms with E-state index in [9.17, 15) is 9.59 Å². The third-order valence-electron chi connectivity index (χ3n) is 2.43. The zero-order chi connectivity index (χ0) is 9.84. The molecule has 0 spiro atoms. The van der Waals surface area contributed by atoms with Crippen LogP contribution < -0.4 is 0 Å². The van der Waals surface area contributed by atoms with Crippen molar-refractivity contribution >= 4 is 11.9 Å². The predicted octanol–water partition coefficient (Wildman–Crippen LogP) is 0.720. The molecule has 74 valence electrons. The Labute approximate surface area is 77.5 Å². The number of carboxylic acids is 1. The summed E-state index contributed by atoms with van der Waals surface area (Å²) in [5, 5.41) is 8.59. The highest BCUT2D eigenvalue weighted by Gasteiger charge is 2.22. The lowest BCUT2D eigenvalue weighted by Crippen LogP contribution is -2.39. The lowest BCUT2D eigenvalue weighted by molar-refractivity contribution is -0.140. The molecular weight excluding hydrogens is 170 g/mol. The molecule has 1 fully saturated rings. The lowest BCUT2D eigenvalue weighted by Gasteiger charge is -2.31. The van der Waals surface area contributed by atoms with Crippen LogP contribution in [0.25, 0.3) is 0 Å². The maximum absolute atomic E-state index is 11.0. The molecule has 0 unspecified atom stereocenters. The smallest absolute Gasteiger partial charge is 0.303 e. The van der Waals surface area contributed by atoms with Gasteiger partial charge in [0, 0.05) is 26.4 Å². The molecule has 1 aliphatic heterocycles. The van der Waals surface area contributed by atoms with Crippen LogP contribution >= 0.6 is 0 Å². The molecule has 0 aromatic heterocycles. The van der Waals surface area contributed by atoms with Crippen LogP contribution in [0.15, 0.2) is 0 Å². The Bertz CT molecular complexity index is 215. The number of carbonyl (C=O) groups excluding carboxylic acids is 1. The van der Waals surface area contributed by atoms with Crippen LogP contribution in [0.4, 0.5) is 0 Å². The molecule has 0 saturated carbocycles. The van der Waals surface area contributed by atoms with Gasteiger partial charge in [0.05, 0.1) is 0 Å². The first-order valence-electron chi connectivity index (χ1n) is 4.57. The van der Waals surface area contributed by atoms with Crippen molar-refractivity contribution in [1.29, 1.82) is 0 Å². The van der Waals surface area contributed by atoms with E-state index in [1.54, 1.807) is 4.90 Å². The number of hydrogen-bond acceptors (Lipinski definition) is 2. The Kier molecular flexibility index (Phi) is 3.28. The summed E-state index contributed by atoms with van der Waals surface area (Å²) in [6.45, 7) is 2.93. The Morgan fingerprint density at radius 1 is 1.54 bits per heavy atom. The first-order chi connectivity index (χ1) is 6.09. The molecule has 0 aromatic rings. The number of hydrogen-bond donors (Lipinski definition) is 1. The van der Waals surface area contributed by atoms with Crippen molar-refractivity contribution in [1.82, 2.24) is 4.90 Å². The number of carbonyl (C=O) groups is 2. The Balaban J connectivity index is 2.41. The fourth-order valence-electron chi connectivity index (χ4n) is 1.76. The van der Waals surface area contributed by atoms with Crippen molar-refractivity contribution in [2.24, 2.45) is 5.92 Å². The Hall–Kier alpha value is -1.06. The van der Waals surface area contributed by atoms with Gasteiger partial charge in [-0.15, -0.1) is 0 Å². The summed E-state index contributed by atoms with van der Waals surface area (Å²) < 4.78 is 0. The van der Waals surface area contributed by atoms with Crippen molar-refractivity contribution in [2.45, 2.75) is 26.2 Å². The number of amides is 1. The van der Waals surface area contributed by atoms with Crippen molar-refractivity contribution in [2.75, 3.05) is 13.1 Å². The van der Waals surface area contributed by atoms with Crippen molar-refractivity contribution < 1.29 is 14.7 Å². The van der Waals surface area contributed by atoms with Crippen LogP contribution in [0.5, 0.6) is 0 Å². The van der Waals surface area contributed by atoms with Gasteiger partial charge in [-0.25, -0.2) is 0 Å². The highest BCUT2D eigenvalue weighted by molar-refractivity contribution is 5.73. The van der Waals surface area contributed by atoms with E-state index in [1.807, 2.05) is 0 Å². The molecule has 13 heavy (non-hydrogen) atoms. The van der Waals surface area contributed by atoms with Crippen molar-refractivity contribution in [3.05, 3.63) is 0 Å². The number of carboxylic acid groups (broad SMARTS) is 1. The average Bonchev–Trinajstić information content (AvgIpc) is 2.03. The first-order valence-corrected chi connectivity index (χ1v) is 4.57. The van der Waals surface area contributed by atoms with Gasteiger partial charge in [0.15, 0.2) is 0 Å². The van der Waals surface area contributed by atoms with Crippen LogP contribution in [-0.2, 0) is 9.59 Å². The van der Waals surface area contributed by atoms with Crippen LogP contribution in [0.3, 0.4) is 0 Å². The standard InChI is InChI=1S/C9H15NO3/c1-7(11)10-4-2-3-8(6-10)5-9(12)13/h8H,2-6H2,1H3,(H,12,13)/t8-/m0/s1. The van der Waals surface area contributed by atoms with E-state index in [4.69, 9.17) is 5.11 Å². The molecule has 4 heteroatoms. The zero-order valence-corrected chi connectivity index (χ0v) is 7.82. The molecule has 0 bridgehead atoms. The third-order valence-corrected chi connectivity index (χ3v) is 2.43. The van der Waals surface area contributed by atoms with E-state index in [0.29, 0.717) is 6.54 Å². The van der Waals surface area contributed by atoms with E-state index < -0.39 is 5.97 Å². The number of rotatable bonds is 2. The SMILES string of the molecule is CC(=O)N1CCC[C@@H](CC(=O)O)C1. The van der Waals surface area contributed by atoms with Gasteiger partial charge in [0.1, 0.15) is 0 Å². The Morgan fingerprint density at radius 2 is 2.23 bits per heavy atom. The number of likely N-dealkylation sites (tertiary alicyclic amines) is 1. The monoisotopic (exact) mass is 185 g/mol. The summed E-state index contributed by atoms with van der Waals surface area (Å²) in [6.07, 6.45) is 2.04. The first kappa shape index (κ1) is 10.0. The van der Waals surface area contributed by atoms with Crippen molar-refractivity contribution in [3.8, 4) is 0 Å². The molecule has 1 heterocycles. The van der Waals surface area contributed by atoms with E-state index in [2.05, 4.69) is 0 Å². The number of piperidine rings is 1. The summed E-state index contributed by atoms with van der Waals surface area (Å²) in [4.78, 5) is 23.2. The molecule has 1 atom stereocenters. The lowest BCUT2D eigenvalue weighted by atomic mass is 9.95. The second kappa shape index (κ2) is 4.25. The average molecular weight is 185 g/mol. The normalized spacial score (nSPS) is 22.8. The van der Waals surface area contributed by atoms with Gasteiger partial charge in [-0.1, -0.05) is 0 Å². The highest BCUT2D eigenvalue weighted by atomic mass is 16.4. The van der Waals surface area contributed by atoms with Crippen LogP contribution in [-0.4, -0.2) is 35.0 Å². The van der Waals surface area contributed by atoms with Gasteiger partial charge >= 0.3 is 5.97 Å². The second-order valence-corrected chi connectivity index (χ2v) is 3.57. The molecule has 1 N–H and O–H groups in total. The quantitative estimate of drug-likeness (QED) is 0.689. The molecule has 1 saturated heterocycles. The fourth-order valence-corrected chi connectivity index (χ4v) is 1.76. The third kappa shape index (κ3) is 3.05. The van der Waals surface area contributed by atoms with Crippen LogP contribution in [0, 0.1) is 5.92 Å². The maximum atomic E-state index is 11.0. The predicted molar refractivity (Wildman–Crippen MR) is 47.2 cm³/mol. The Morgan fingerprint density at radius 3 is 2.77 bits per heavy atom. The minimum Gasteiger partial charge on any atom is -0.481 e. The zero-order valence-electron chi connectivity index (χ0n) is 7.82. The topological polar surface area (TPSA) is 57.6 Å². The number of aliphatic carboxylic acids is 1. The van der Waals surface area contributed by atoms with Crippen LogP contribution in [0.1, 0.15) is 26.2 Å². The fraction of sp³-hybridized carbons (Fsp3) is 0.778. The summed E-state index contributed by atoms with van der Waals surface area (Å²) in [5.74, 6) is -0.569. The summed E-state index contributed by atoms with van der Waals surface area (Å²) in [6, 6.07) is 0. The van der Waals surface area contributed by atoms with Gasteiger partial charge in [0.2, 0.25) is 5.91 Å². The molecule has 1 aliphatic rings. The van der Waals surface area contributed by atoms with E-state index in [0.717, 1.165) is 19.4 Å². The van der Waals surface area contributed by atoms with Crippen LogP contribution in [0.2, 0.25) is 0 Å². The summed E-state index contributed by atoms with van der Waals surface area (Å²) in [7, 11) is 0.